The molecule has 0 saturated heterocycles. The number of rotatable bonds is 5. The second-order valence-corrected chi connectivity index (χ2v) is 4.48. The van der Waals surface area contributed by atoms with Crippen LogP contribution < -0.4 is 0 Å². The van der Waals surface area contributed by atoms with Crippen molar-refractivity contribution in [2.24, 2.45) is 0 Å². The molecule has 1 aliphatic carbocycles. The average molecular weight is 240 g/mol. The molecule has 1 saturated carbocycles. The van der Waals surface area contributed by atoms with Crippen molar-refractivity contribution in [3.05, 3.63) is 23.7 Å². The molecule has 1 heterocycles. The molecule has 2 rings (SSSR count). The van der Waals surface area contributed by atoms with Crippen LogP contribution in [-0.2, 0) is 22.7 Å². The van der Waals surface area contributed by atoms with Gasteiger partial charge in [0.15, 0.2) is 0 Å². The number of aliphatic hydroxyl groups excluding tert-OH is 1. The van der Waals surface area contributed by atoms with E-state index in [-0.39, 0.29) is 12.7 Å². The van der Waals surface area contributed by atoms with E-state index in [0.717, 1.165) is 31.4 Å². The lowest BCUT2D eigenvalue weighted by atomic mass is 9.95. The molecule has 0 spiro atoms. The molecule has 0 radical (unpaired) electrons. The predicted molar refractivity (Wildman–Crippen MR) is 62.5 cm³/mol. The molecule has 0 amide bonds. The van der Waals surface area contributed by atoms with Gasteiger partial charge in [-0.15, -0.1) is 0 Å². The van der Waals surface area contributed by atoms with Gasteiger partial charge < -0.3 is 19.0 Å². The summed E-state index contributed by atoms with van der Waals surface area (Å²) in [6.07, 6.45) is 4.93. The van der Waals surface area contributed by atoms with E-state index in [1.807, 2.05) is 6.07 Å². The lowest BCUT2D eigenvalue weighted by Gasteiger charge is -2.27. The Morgan fingerprint density at radius 3 is 2.76 bits per heavy atom. The van der Waals surface area contributed by atoms with Gasteiger partial charge in [0.25, 0.3) is 0 Å². The minimum Gasteiger partial charge on any atom is -0.461 e. The summed E-state index contributed by atoms with van der Waals surface area (Å²) in [5.74, 6) is 1.36. The molecule has 2 atom stereocenters. The quantitative estimate of drug-likeness (QED) is 0.857. The Kier molecular flexibility index (Phi) is 4.59. The molecule has 2 unspecified atom stereocenters. The van der Waals surface area contributed by atoms with Crippen LogP contribution in [0.3, 0.4) is 0 Å². The second kappa shape index (κ2) is 6.19. The van der Waals surface area contributed by atoms with E-state index in [1.54, 1.807) is 13.2 Å². The Morgan fingerprint density at radius 1 is 1.29 bits per heavy atom. The third-order valence-corrected chi connectivity index (χ3v) is 3.25. The Bertz CT molecular complexity index is 334. The lowest BCUT2D eigenvalue weighted by molar-refractivity contribution is -0.0408. The number of hydrogen-bond acceptors (Lipinski definition) is 4. The van der Waals surface area contributed by atoms with Crippen LogP contribution in [0.2, 0.25) is 0 Å². The van der Waals surface area contributed by atoms with E-state index in [1.165, 1.54) is 0 Å². The first-order valence-electron chi connectivity index (χ1n) is 6.14. The maximum atomic E-state index is 8.88. The van der Waals surface area contributed by atoms with E-state index in [2.05, 4.69) is 0 Å². The van der Waals surface area contributed by atoms with Crippen LogP contribution in [-0.4, -0.2) is 24.4 Å². The molecule has 0 aromatic carbocycles. The van der Waals surface area contributed by atoms with Gasteiger partial charge in [-0.1, -0.05) is 0 Å². The van der Waals surface area contributed by atoms with Crippen molar-refractivity contribution >= 4 is 0 Å². The summed E-state index contributed by atoms with van der Waals surface area (Å²) in [6, 6.07) is 3.62. The van der Waals surface area contributed by atoms with E-state index in [0.29, 0.717) is 18.5 Å². The lowest BCUT2D eigenvalue weighted by Crippen LogP contribution is -2.27. The molecule has 4 heteroatoms. The molecule has 1 aliphatic rings. The fraction of sp³-hybridized carbons (Fsp3) is 0.692. The summed E-state index contributed by atoms with van der Waals surface area (Å²) in [5, 5.41) is 8.88. The van der Waals surface area contributed by atoms with E-state index >= 15 is 0 Å². The van der Waals surface area contributed by atoms with E-state index < -0.39 is 0 Å². The van der Waals surface area contributed by atoms with Crippen LogP contribution in [0.1, 0.15) is 37.2 Å². The summed E-state index contributed by atoms with van der Waals surface area (Å²) in [6.45, 7) is 0.413. The van der Waals surface area contributed by atoms with Crippen molar-refractivity contribution in [3.63, 3.8) is 0 Å². The monoisotopic (exact) mass is 240 g/mol. The fourth-order valence-electron chi connectivity index (χ4n) is 2.25. The molecule has 1 aromatic rings. The summed E-state index contributed by atoms with van der Waals surface area (Å²) in [7, 11) is 1.76. The Balaban J connectivity index is 1.77. The van der Waals surface area contributed by atoms with Gasteiger partial charge in [0, 0.05) is 7.11 Å². The van der Waals surface area contributed by atoms with Gasteiger partial charge in [-0.2, -0.15) is 0 Å². The number of furan rings is 1. The summed E-state index contributed by atoms with van der Waals surface area (Å²) in [4.78, 5) is 0. The summed E-state index contributed by atoms with van der Waals surface area (Å²) < 4.78 is 16.5. The number of aliphatic hydroxyl groups is 1. The molecule has 1 N–H and O–H groups in total. The molecular weight excluding hydrogens is 220 g/mol. The summed E-state index contributed by atoms with van der Waals surface area (Å²) >= 11 is 0. The first-order valence-corrected chi connectivity index (χ1v) is 6.14. The van der Waals surface area contributed by atoms with Crippen LogP contribution >= 0.6 is 0 Å². The number of methoxy groups -OCH3 is 1. The first-order chi connectivity index (χ1) is 8.31. The zero-order chi connectivity index (χ0) is 12.1. The minimum atomic E-state index is -0.0603. The summed E-state index contributed by atoms with van der Waals surface area (Å²) in [5.41, 5.74) is 0. The SMILES string of the molecule is COC1CCCC(OCc2ccc(CO)o2)C1. The van der Waals surface area contributed by atoms with Gasteiger partial charge in [0.2, 0.25) is 0 Å². The predicted octanol–water partition coefficient (Wildman–Crippen LogP) is 2.25. The van der Waals surface area contributed by atoms with Crippen LogP contribution in [0.25, 0.3) is 0 Å². The minimum absolute atomic E-state index is 0.0603. The zero-order valence-corrected chi connectivity index (χ0v) is 10.2. The molecular formula is C13H20O4. The van der Waals surface area contributed by atoms with Crippen LogP contribution in [0.15, 0.2) is 16.5 Å². The van der Waals surface area contributed by atoms with Crippen molar-refractivity contribution in [1.82, 2.24) is 0 Å². The maximum absolute atomic E-state index is 8.88. The molecule has 17 heavy (non-hydrogen) atoms. The van der Waals surface area contributed by atoms with Gasteiger partial charge in [0.1, 0.15) is 24.7 Å². The smallest absolute Gasteiger partial charge is 0.130 e. The van der Waals surface area contributed by atoms with Gasteiger partial charge in [0.05, 0.1) is 12.2 Å². The van der Waals surface area contributed by atoms with Crippen molar-refractivity contribution in [1.29, 1.82) is 0 Å². The highest BCUT2D eigenvalue weighted by atomic mass is 16.5. The van der Waals surface area contributed by atoms with Crippen LogP contribution in [0.5, 0.6) is 0 Å². The van der Waals surface area contributed by atoms with Gasteiger partial charge in [-0.05, 0) is 37.8 Å². The molecule has 96 valence electrons. The highest BCUT2D eigenvalue weighted by Crippen LogP contribution is 2.24. The van der Waals surface area contributed by atoms with E-state index in [9.17, 15) is 0 Å². The van der Waals surface area contributed by atoms with Crippen molar-refractivity contribution in [3.8, 4) is 0 Å². The third-order valence-electron chi connectivity index (χ3n) is 3.25. The molecule has 1 aromatic heterocycles. The topological polar surface area (TPSA) is 51.8 Å². The number of hydrogen-bond donors (Lipinski definition) is 1. The number of ether oxygens (including phenoxy) is 2. The normalized spacial score (nSPS) is 25.1. The van der Waals surface area contributed by atoms with Crippen molar-refractivity contribution in [2.45, 2.75) is 51.1 Å². The van der Waals surface area contributed by atoms with E-state index in [4.69, 9.17) is 19.0 Å². The fourth-order valence-corrected chi connectivity index (χ4v) is 2.25. The zero-order valence-electron chi connectivity index (χ0n) is 10.2. The van der Waals surface area contributed by atoms with Crippen LogP contribution in [0, 0.1) is 0 Å². The molecule has 4 nitrogen and oxygen atoms in total. The Morgan fingerprint density at radius 2 is 2.06 bits per heavy atom. The first kappa shape index (κ1) is 12.6. The average Bonchev–Trinajstić information content (AvgIpc) is 2.84. The third kappa shape index (κ3) is 3.56. The largest absolute Gasteiger partial charge is 0.461 e. The second-order valence-electron chi connectivity index (χ2n) is 4.48. The van der Waals surface area contributed by atoms with Gasteiger partial charge >= 0.3 is 0 Å². The Labute approximate surface area is 102 Å². The van der Waals surface area contributed by atoms with Gasteiger partial charge in [-0.3, -0.25) is 0 Å². The van der Waals surface area contributed by atoms with Crippen LogP contribution in [0.4, 0.5) is 0 Å². The highest BCUT2D eigenvalue weighted by molar-refractivity contribution is 5.05. The van der Waals surface area contributed by atoms with Crippen molar-refractivity contribution < 1.29 is 19.0 Å². The standard InChI is InChI=1S/C13H20O4/c1-15-10-3-2-4-11(7-10)16-9-13-6-5-12(8-14)17-13/h5-6,10-11,14H,2-4,7-9H2,1H3. The molecule has 1 fully saturated rings. The van der Waals surface area contributed by atoms with Crippen molar-refractivity contribution in [2.75, 3.05) is 7.11 Å². The molecule has 0 aliphatic heterocycles. The Hall–Kier alpha value is -0.840. The van der Waals surface area contributed by atoms with Gasteiger partial charge in [-0.25, -0.2) is 0 Å². The maximum Gasteiger partial charge on any atom is 0.130 e. The molecule has 0 bridgehead atoms. The highest BCUT2D eigenvalue weighted by Gasteiger charge is 2.22.